The SMILES string of the molecule is Cc1cc(C(=O)C(C)(C)c2ccc(F)cc2)cs1. The van der Waals surface area contributed by atoms with Crippen LogP contribution in [0.2, 0.25) is 0 Å². The molecule has 1 heterocycles. The van der Waals surface area contributed by atoms with E-state index in [-0.39, 0.29) is 11.6 Å². The summed E-state index contributed by atoms with van der Waals surface area (Å²) in [7, 11) is 0. The molecule has 3 heteroatoms. The first-order chi connectivity index (χ1) is 8.41. The van der Waals surface area contributed by atoms with Crippen molar-refractivity contribution in [2.45, 2.75) is 26.2 Å². The summed E-state index contributed by atoms with van der Waals surface area (Å²) in [5.41, 5.74) is 0.922. The van der Waals surface area contributed by atoms with E-state index >= 15 is 0 Å². The van der Waals surface area contributed by atoms with Crippen LogP contribution in [0, 0.1) is 12.7 Å². The molecule has 0 amide bonds. The van der Waals surface area contributed by atoms with Gasteiger partial charge in [0.2, 0.25) is 0 Å². The average molecular weight is 262 g/mol. The lowest BCUT2D eigenvalue weighted by Crippen LogP contribution is -2.28. The molecule has 0 saturated carbocycles. The normalized spacial score (nSPS) is 11.6. The second-order valence-corrected chi connectivity index (χ2v) is 6.02. The van der Waals surface area contributed by atoms with Crippen LogP contribution in [0.4, 0.5) is 4.39 Å². The summed E-state index contributed by atoms with van der Waals surface area (Å²) >= 11 is 1.57. The summed E-state index contributed by atoms with van der Waals surface area (Å²) in [5, 5.41) is 1.88. The Kier molecular flexibility index (Phi) is 3.35. The third-order valence-corrected chi connectivity index (χ3v) is 3.99. The largest absolute Gasteiger partial charge is 0.293 e. The Bertz CT molecular complexity index is 566. The molecule has 0 saturated heterocycles. The van der Waals surface area contributed by atoms with Crippen molar-refractivity contribution in [2.75, 3.05) is 0 Å². The van der Waals surface area contributed by atoms with E-state index in [1.807, 2.05) is 32.2 Å². The highest BCUT2D eigenvalue weighted by molar-refractivity contribution is 7.10. The molecule has 1 aromatic carbocycles. The maximum Gasteiger partial charge on any atom is 0.173 e. The van der Waals surface area contributed by atoms with E-state index in [0.29, 0.717) is 0 Å². The molecule has 2 aromatic rings. The van der Waals surface area contributed by atoms with Crippen LogP contribution in [-0.2, 0) is 5.41 Å². The van der Waals surface area contributed by atoms with Crippen LogP contribution in [0.5, 0.6) is 0 Å². The van der Waals surface area contributed by atoms with Crippen LogP contribution in [0.3, 0.4) is 0 Å². The molecule has 0 aliphatic heterocycles. The van der Waals surface area contributed by atoms with Crippen molar-refractivity contribution in [1.82, 2.24) is 0 Å². The fourth-order valence-corrected chi connectivity index (χ4v) is 2.60. The number of ketones is 1. The molecule has 2 rings (SSSR count). The van der Waals surface area contributed by atoms with Gasteiger partial charge in [-0.1, -0.05) is 12.1 Å². The minimum absolute atomic E-state index is 0.0680. The van der Waals surface area contributed by atoms with Crippen LogP contribution >= 0.6 is 11.3 Å². The molecule has 1 nitrogen and oxygen atoms in total. The molecule has 0 bridgehead atoms. The summed E-state index contributed by atoms with van der Waals surface area (Å²) in [6.07, 6.45) is 0. The molecule has 0 atom stereocenters. The molecule has 0 unspecified atom stereocenters. The number of rotatable bonds is 3. The zero-order valence-corrected chi connectivity index (χ0v) is 11.5. The van der Waals surface area contributed by atoms with Crippen molar-refractivity contribution in [3.05, 3.63) is 57.5 Å². The van der Waals surface area contributed by atoms with Gasteiger partial charge in [-0.2, -0.15) is 0 Å². The van der Waals surface area contributed by atoms with Crippen LogP contribution in [0.25, 0.3) is 0 Å². The van der Waals surface area contributed by atoms with Crippen molar-refractivity contribution in [3.8, 4) is 0 Å². The van der Waals surface area contributed by atoms with E-state index in [1.54, 1.807) is 23.5 Å². The second kappa shape index (κ2) is 4.65. The van der Waals surface area contributed by atoms with Crippen LogP contribution < -0.4 is 0 Å². The zero-order chi connectivity index (χ0) is 13.3. The lowest BCUT2D eigenvalue weighted by Gasteiger charge is -2.23. The van der Waals surface area contributed by atoms with Gasteiger partial charge in [-0.05, 0) is 44.5 Å². The number of hydrogen-bond acceptors (Lipinski definition) is 2. The first kappa shape index (κ1) is 13.0. The average Bonchev–Trinajstić information content (AvgIpc) is 2.75. The van der Waals surface area contributed by atoms with Crippen LogP contribution in [0.15, 0.2) is 35.7 Å². The summed E-state index contributed by atoms with van der Waals surface area (Å²) in [6, 6.07) is 8.03. The molecule has 0 aliphatic rings. The van der Waals surface area contributed by atoms with E-state index in [9.17, 15) is 9.18 Å². The predicted molar refractivity (Wildman–Crippen MR) is 72.8 cm³/mol. The standard InChI is InChI=1S/C15H15FOS/c1-10-8-11(9-18-10)14(17)15(2,3)12-4-6-13(16)7-5-12/h4-9H,1-3H3. The molecule has 0 radical (unpaired) electrons. The first-order valence-corrected chi connectivity index (χ1v) is 6.65. The molecule has 18 heavy (non-hydrogen) atoms. The van der Waals surface area contributed by atoms with Gasteiger partial charge in [0.1, 0.15) is 5.82 Å². The van der Waals surface area contributed by atoms with Gasteiger partial charge in [0.25, 0.3) is 0 Å². The minimum Gasteiger partial charge on any atom is -0.293 e. The zero-order valence-electron chi connectivity index (χ0n) is 10.7. The molecular formula is C15H15FOS. The van der Waals surface area contributed by atoms with E-state index in [2.05, 4.69) is 0 Å². The second-order valence-electron chi connectivity index (χ2n) is 4.91. The van der Waals surface area contributed by atoms with E-state index in [0.717, 1.165) is 16.0 Å². The number of carbonyl (C=O) groups excluding carboxylic acids is 1. The van der Waals surface area contributed by atoms with E-state index in [1.165, 1.54) is 12.1 Å². The number of Topliss-reactive ketones (excluding diaryl/α,β-unsaturated/α-hetero) is 1. The van der Waals surface area contributed by atoms with Gasteiger partial charge in [-0.15, -0.1) is 11.3 Å². The summed E-state index contributed by atoms with van der Waals surface area (Å²) in [6.45, 7) is 5.72. The topological polar surface area (TPSA) is 17.1 Å². The Morgan fingerprint density at radius 1 is 1.22 bits per heavy atom. The maximum absolute atomic E-state index is 12.9. The molecule has 0 spiro atoms. The van der Waals surface area contributed by atoms with Crippen molar-refractivity contribution in [1.29, 1.82) is 0 Å². The Balaban J connectivity index is 2.36. The lowest BCUT2D eigenvalue weighted by molar-refractivity contribution is 0.0909. The fourth-order valence-electron chi connectivity index (χ4n) is 1.92. The Hall–Kier alpha value is -1.48. The van der Waals surface area contributed by atoms with Crippen molar-refractivity contribution in [2.24, 2.45) is 0 Å². The molecular weight excluding hydrogens is 247 g/mol. The highest BCUT2D eigenvalue weighted by Gasteiger charge is 2.31. The monoisotopic (exact) mass is 262 g/mol. The number of benzene rings is 1. The Morgan fingerprint density at radius 2 is 1.83 bits per heavy atom. The van der Waals surface area contributed by atoms with Crippen molar-refractivity contribution >= 4 is 17.1 Å². The highest BCUT2D eigenvalue weighted by atomic mass is 32.1. The molecule has 94 valence electrons. The smallest absolute Gasteiger partial charge is 0.173 e. The van der Waals surface area contributed by atoms with Gasteiger partial charge in [-0.3, -0.25) is 4.79 Å². The summed E-state index contributed by atoms with van der Waals surface area (Å²) in [5.74, 6) is -0.216. The van der Waals surface area contributed by atoms with Crippen molar-refractivity contribution < 1.29 is 9.18 Å². The Morgan fingerprint density at radius 3 is 2.33 bits per heavy atom. The number of hydrogen-bond donors (Lipinski definition) is 0. The van der Waals surface area contributed by atoms with Gasteiger partial charge in [0.15, 0.2) is 5.78 Å². The summed E-state index contributed by atoms with van der Waals surface area (Å²) < 4.78 is 12.9. The van der Waals surface area contributed by atoms with Gasteiger partial charge in [0, 0.05) is 15.8 Å². The maximum atomic E-state index is 12.9. The first-order valence-electron chi connectivity index (χ1n) is 5.77. The Labute approximate surface area is 110 Å². The highest BCUT2D eigenvalue weighted by Crippen LogP contribution is 2.29. The number of halogens is 1. The number of thiophene rings is 1. The fraction of sp³-hybridized carbons (Fsp3) is 0.267. The third-order valence-electron chi connectivity index (χ3n) is 3.13. The third kappa shape index (κ3) is 2.36. The van der Waals surface area contributed by atoms with Crippen LogP contribution in [0.1, 0.15) is 34.6 Å². The quantitative estimate of drug-likeness (QED) is 0.751. The van der Waals surface area contributed by atoms with E-state index < -0.39 is 5.41 Å². The minimum atomic E-state index is -0.638. The number of aryl methyl sites for hydroxylation is 1. The molecule has 0 N–H and O–H groups in total. The van der Waals surface area contributed by atoms with E-state index in [4.69, 9.17) is 0 Å². The molecule has 0 fully saturated rings. The molecule has 1 aromatic heterocycles. The lowest BCUT2D eigenvalue weighted by atomic mass is 9.78. The van der Waals surface area contributed by atoms with Gasteiger partial charge in [-0.25, -0.2) is 4.39 Å². The van der Waals surface area contributed by atoms with Crippen molar-refractivity contribution in [3.63, 3.8) is 0 Å². The summed E-state index contributed by atoms with van der Waals surface area (Å²) in [4.78, 5) is 13.6. The molecule has 0 aliphatic carbocycles. The van der Waals surface area contributed by atoms with Crippen LogP contribution in [-0.4, -0.2) is 5.78 Å². The number of carbonyl (C=O) groups is 1. The van der Waals surface area contributed by atoms with Gasteiger partial charge < -0.3 is 0 Å². The predicted octanol–water partition coefficient (Wildman–Crippen LogP) is 4.36. The van der Waals surface area contributed by atoms with Gasteiger partial charge in [0.05, 0.1) is 5.41 Å². The van der Waals surface area contributed by atoms with Gasteiger partial charge >= 0.3 is 0 Å².